The van der Waals surface area contributed by atoms with Crippen LogP contribution < -0.4 is 24.5 Å². The maximum absolute atomic E-state index is 14.0. The van der Waals surface area contributed by atoms with Crippen LogP contribution in [0.25, 0.3) is 5.57 Å². The smallest absolute Gasteiger partial charge is 0.338 e. The lowest BCUT2D eigenvalue weighted by atomic mass is 9.96. The Morgan fingerprint density at radius 2 is 1.89 bits per heavy atom. The number of hydrogen-bond acceptors (Lipinski definition) is 7. The number of carbonyl (C=O) groups excluding carboxylic acids is 2. The molecule has 0 N–H and O–H groups in total. The first-order valence-corrected chi connectivity index (χ1v) is 12.8. The zero-order valence-electron chi connectivity index (χ0n) is 20.0. The lowest BCUT2D eigenvalue weighted by Crippen LogP contribution is -2.40. The van der Waals surface area contributed by atoms with E-state index >= 15 is 0 Å². The largest absolute Gasteiger partial charge is 0.497 e. The van der Waals surface area contributed by atoms with Gasteiger partial charge in [0.2, 0.25) is 0 Å². The van der Waals surface area contributed by atoms with E-state index in [-0.39, 0.29) is 22.6 Å². The molecule has 0 saturated carbocycles. The maximum Gasteiger partial charge on any atom is 0.338 e. The summed E-state index contributed by atoms with van der Waals surface area (Å²) >= 11 is 4.61. The molecule has 1 amide bonds. The van der Waals surface area contributed by atoms with Crippen LogP contribution in [0, 0.1) is 0 Å². The topological polar surface area (TPSA) is 90.2 Å². The van der Waals surface area contributed by atoms with Gasteiger partial charge in [0.15, 0.2) is 4.80 Å². The molecule has 5 rings (SSSR count). The van der Waals surface area contributed by atoms with Gasteiger partial charge in [0.05, 0.1) is 42.3 Å². The van der Waals surface area contributed by atoms with Gasteiger partial charge in [0.25, 0.3) is 11.5 Å². The second-order valence-electron chi connectivity index (χ2n) is 8.30. The van der Waals surface area contributed by atoms with Crippen molar-refractivity contribution in [2.75, 3.05) is 25.7 Å². The summed E-state index contributed by atoms with van der Waals surface area (Å²) in [4.78, 5) is 46.9. The van der Waals surface area contributed by atoms with Crippen LogP contribution in [0.2, 0.25) is 0 Å². The summed E-state index contributed by atoms with van der Waals surface area (Å²) in [6, 6.07) is 11.9. The van der Waals surface area contributed by atoms with E-state index in [1.54, 1.807) is 40.1 Å². The Hall–Kier alpha value is -3.50. The predicted molar refractivity (Wildman–Crippen MR) is 140 cm³/mol. The third-order valence-corrected chi connectivity index (χ3v) is 7.81. The van der Waals surface area contributed by atoms with Crippen molar-refractivity contribution >= 4 is 50.4 Å². The number of carbonyl (C=O) groups is 2. The quantitative estimate of drug-likeness (QED) is 0.452. The number of ether oxygens (including phenoxy) is 2. The number of methoxy groups -OCH3 is 1. The fourth-order valence-electron chi connectivity index (χ4n) is 4.56. The second-order valence-corrected chi connectivity index (χ2v) is 10.2. The average Bonchev–Trinajstić information content (AvgIpc) is 3.30. The van der Waals surface area contributed by atoms with Crippen molar-refractivity contribution in [1.29, 1.82) is 0 Å². The zero-order chi connectivity index (χ0) is 25.7. The fourth-order valence-corrected chi connectivity index (χ4v) is 6.05. The van der Waals surface area contributed by atoms with E-state index in [0.717, 1.165) is 21.5 Å². The molecule has 1 aromatic heterocycles. The molecule has 0 bridgehead atoms. The number of aromatic nitrogens is 1. The maximum atomic E-state index is 14.0. The standard InChI is InChI=1S/C26H22BrN3O5S/c1-5-35-25(33)19-13(2)28-26-30(21(19)14-6-9-16(34-4)10-7-14)24(32)22(36-26)20-17-12-15(27)8-11-18(17)29(3)23(20)31/h6-12,21H,5H2,1-4H3/b22-20-/t21-/m0/s1. The molecule has 3 aromatic rings. The number of thiazole rings is 1. The predicted octanol–water partition coefficient (Wildman–Crippen LogP) is 2.92. The minimum atomic E-state index is -0.767. The van der Waals surface area contributed by atoms with Gasteiger partial charge >= 0.3 is 5.97 Å². The number of likely N-dealkylation sites (N-methyl/N-ethyl adjacent to an activating group) is 1. The van der Waals surface area contributed by atoms with Crippen LogP contribution in [-0.2, 0) is 14.3 Å². The lowest BCUT2D eigenvalue weighted by Gasteiger charge is -2.24. The molecule has 36 heavy (non-hydrogen) atoms. The fraction of sp³-hybridized carbons (Fsp3) is 0.231. The minimum Gasteiger partial charge on any atom is -0.497 e. The van der Waals surface area contributed by atoms with Crippen molar-refractivity contribution in [3.63, 3.8) is 0 Å². The number of hydrogen-bond donors (Lipinski definition) is 0. The van der Waals surface area contributed by atoms with Crippen LogP contribution >= 0.6 is 27.3 Å². The molecule has 2 aromatic carbocycles. The van der Waals surface area contributed by atoms with E-state index in [0.29, 0.717) is 32.9 Å². The number of rotatable bonds is 4. The minimum absolute atomic E-state index is 0.187. The molecule has 2 aliphatic heterocycles. The summed E-state index contributed by atoms with van der Waals surface area (Å²) in [5.74, 6) is -0.160. The second kappa shape index (κ2) is 9.18. The highest BCUT2D eigenvalue weighted by Crippen LogP contribution is 2.36. The Labute approximate surface area is 218 Å². The molecule has 10 heteroatoms. The normalized spacial score (nSPS) is 18.1. The summed E-state index contributed by atoms with van der Waals surface area (Å²) in [6.45, 7) is 3.64. The monoisotopic (exact) mass is 567 g/mol. The van der Waals surface area contributed by atoms with Gasteiger partial charge in [-0.25, -0.2) is 9.79 Å². The summed E-state index contributed by atoms with van der Waals surface area (Å²) in [5, 5.41) is 0. The van der Waals surface area contributed by atoms with Crippen molar-refractivity contribution in [1.82, 2.24) is 4.57 Å². The van der Waals surface area contributed by atoms with Gasteiger partial charge < -0.3 is 14.4 Å². The first-order valence-electron chi connectivity index (χ1n) is 11.2. The molecular formula is C26H22BrN3O5S. The molecule has 0 radical (unpaired) electrons. The van der Waals surface area contributed by atoms with Crippen molar-refractivity contribution in [2.24, 2.45) is 4.99 Å². The average molecular weight is 568 g/mol. The zero-order valence-corrected chi connectivity index (χ0v) is 22.4. The van der Waals surface area contributed by atoms with Gasteiger partial charge in [-0.05, 0) is 49.7 Å². The molecule has 3 heterocycles. The lowest BCUT2D eigenvalue weighted by molar-refractivity contribution is -0.139. The number of anilines is 1. The first kappa shape index (κ1) is 24.2. The van der Waals surface area contributed by atoms with Gasteiger partial charge in [-0.1, -0.05) is 39.4 Å². The number of amides is 1. The molecule has 0 saturated heterocycles. The van der Waals surface area contributed by atoms with E-state index in [9.17, 15) is 14.4 Å². The molecule has 0 aliphatic carbocycles. The third-order valence-electron chi connectivity index (χ3n) is 6.26. The molecule has 0 unspecified atom stereocenters. The molecule has 2 aliphatic rings. The Morgan fingerprint density at radius 3 is 2.56 bits per heavy atom. The molecule has 0 spiro atoms. The van der Waals surface area contributed by atoms with Crippen molar-refractivity contribution in [2.45, 2.75) is 19.9 Å². The van der Waals surface area contributed by atoms with Crippen molar-refractivity contribution in [3.8, 4) is 5.75 Å². The Bertz CT molecular complexity index is 1640. The summed E-state index contributed by atoms with van der Waals surface area (Å²) in [7, 11) is 3.25. The van der Waals surface area contributed by atoms with E-state index in [1.165, 1.54) is 9.47 Å². The van der Waals surface area contributed by atoms with E-state index in [2.05, 4.69) is 20.9 Å². The Kier molecular flexibility index (Phi) is 6.17. The third kappa shape index (κ3) is 3.72. The molecule has 184 valence electrons. The van der Waals surface area contributed by atoms with Crippen LogP contribution in [0.15, 0.2) is 68.0 Å². The molecular weight excluding hydrogens is 546 g/mol. The number of esters is 1. The number of allylic oxidation sites excluding steroid dienone is 1. The van der Waals surface area contributed by atoms with Crippen molar-refractivity contribution in [3.05, 3.63) is 89.0 Å². The molecule has 0 fully saturated rings. The van der Waals surface area contributed by atoms with Gasteiger partial charge in [-0.2, -0.15) is 0 Å². The van der Waals surface area contributed by atoms with Crippen LogP contribution in [0.4, 0.5) is 5.69 Å². The van der Waals surface area contributed by atoms with Gasteiger partial charge in [0, 0.05) is 17.1 Å². The van der Waals surface area contributed by atoms with E-state index in [4.69, 9.17) is 9.47 Å². The van der Waals surface area contributed by atoms with E-state index < -0.39 is 17.6 Å². The highest BCUT2D eigenvalue weighted by atomic mass is 79.9. The van der Waals surface area contributed by atoms with E-state index in [1.807, 2.05) is 30.3 Å². The van der Waals surface area contributed by atoms with Gasteiger partial charge in [-0.3, -0.25) is 14.2 Å². The molecule has 8 nitrogen and oxygen atoms in total. The first-order chi connectivity index (χ1) is 17.3. The van der Waals surface area contributed by atoms with Crippen molar-refractivity contribution < 1.29 is 19.1 Å². The summed E-state index contributed by atoms with van der Waals surface area (Å²) in [6.07, 6.45) is 0. The Morgan fingerprint density at radius 1 is 1.17 bits per heavy atom. The number of fused-ring (bicyclic) bond motifs is 2. The number of benzene rings is 2. The van der Waals surface area contributed by atoms with Crippen LogP contribution in [0.1, 0.15) is 31.0 Å². The number of halogens is 1. The Balaban J connectivity index is 1.82. The van der Waals surface area contributed by atoms with Gasteiger partial charge in [0.1, 0.15) is 10.3 Å². The highest BCUT2D eigenvalue weighted by Gasteiger charge is 2.36. The highest BCUT2D eigenvalue weighted by molar-refractivity contribution is 9.10. The SMILES string of the molecule is CCOC(=O)C1=C(C)N=c2s/c(=C3\C(=O)N(C)c4ccc(Br)cc43)c(=O)n2[C@H]1c1ccc(OC)cc1. The van der Waals surface area contributed by atoms with Crippen LogP contribution in [0.3, 0.4) is 0 Å². The molecule has 1 atom stereocenters. The number of nitrogens with zero attached hydrogens (tertiary/aromatic N) is 3. The summed E-state index contributed by atoms with van der Waals surface area (Å²) in [5.41, 5.74) is 2.77. The summed E-state index contributed by atoms with van der Waals surface area (Å²) < 4.78 is 13.2. The van der Waals surface area contributed by atoms with Crippen LogP contribution in [-0.4, -0.2) is 37.2 Å². The van der Waals surface area contributed by atoms with Crippen LogP contribution in [0.5, 0.6) is 5.75 Å². The van der Waals surface area contributed by atoms with Gasteiger partial charge in [-0.15, -0.1) is 0 Å².